The van der Waals surface area contributed by atoms with Crippen LogP contribution in [0.3, 0.4) is 0 Å². The number of amidine groups is 1. The topological polar surface area (TPSA) is 74.7 Å². The van der Waals surface area contributed by atoms with Crippen LogP contribution >= 0.6 is 0 Å². The maximum absolute atomic E-state index is 11.9. The van der Waals surface area contributed by atoms with Gasteiger partial charge in [0.15, 0.2) is 0 Å². The van der Waals surface area contributed by atoms with Crippen LogP contribution in [0.15, 0.2) is 24.3 Å². The van der Waals surface area contributed by atoms with E-state index in [-0.39, 0.29) is 11.9 Å². The summed E-state index contributed by atoms with van der Waals surface area (Å²) in [5, 5.41) is 10.6. The Labute approximate surface area is 118 Å². The first-order valence-electron chi connectivity index (χ1n) is 6.40. The van der Waals surface area contributed by atoms with Gasteiger partial charge in [-0.05, 0) is 11.1 Å². The van der Waals surface area contributed by atoms with Crippen LogP contribution < -0.4 is 5.32 Å². The average molecular weight is 277 g/mol. The molecule has 6 heteroatoms. The maximum atomic E-state index is 11.9. The molecular formula is C14H19N3O3. The van der Waals surface area contributed by atoms with Crippen LogP contribution in [0.5, 0.6) is 0 Å². The molecule has 2 amide bonds. The van der Waals surface area contributed by atoms with Crippen molar-refractivity contribution in [2.45, 2.75) is 12.6 Å². The van der Waals surface area contributed by atoms with Crippen LogP contribution in [-0.4, -0.2) is 44.1 Å². The van der Waals surface area contributed by atoms with Gasteiger partial charge in [-0.15, -0.1) is 0 Å². The third kappa shape index (κ3) is 2.81. The normalized spacial score (nSPS) is 18.5. The van der Waals surface area contributed by atoms with Crippen molar-refractivity contribution in [2.75, 3.05) is 27.4 Å². The van der Waals surface area contributed by atoms with Gasteiger partial charge in [0.25, 0.3) is 0 Å². The summed E-state index contributed by atoms with van der Waals surface area (Å²) < 4.78 is 10.2. The highest BCUT2D eigenvalue weighted by Crippen LogP contribution is 2.28. The number of rotatable bonds is 6. The van der Waals surface area contributed by atoms with Crippen LogP contribution in [0.25, 0.3) is 0 Å². The largest absolute Gasteiger partial charge is 0.383 e. The lowest BCUT2D eigenvalue weighted by Crippen LogP contribution is -2.33. The average Bonchev–Trinajstić information content (AvgIpc) is 2.72. The Kier molecular flexibility index (Phi) is 4.70. The van der Waals surface area contributed by atoms with E-state index < -0.39 is 6.04 Å². The van der Waals surface area contributed by atoms with Gasteiger partial charge in [0.2, 0.25) is 0 Å². The first-order valence-corrected chi connectivity index (χ1v) is 6.40. The van der Waals surface area contributed by atoms with E-state index in [1.165, 1.54) is 0 Å². The number of hydrogen-bond acceptors (Lipinski definition) is 4. The molecule has 0 radical (unpaired) electrons. The molecule has 0 aromatic heterocycles. The Morgan fingerprint density at radius 1 is 1.30 bits per heavy atom. The van der Waals surface area contributed by atoms with Crippen LogP contribution in [0, 0.1) is 5.41 Å². The fourth-order valence-electron chi connectivity index (χ4n) is 2.36. The fraction of sp³-hybridized carbons (Fsp3) is 0.429. The SMILES string of the molecule is COCCN1C(=O)NC(=N)C1c1ccccc1COC. The predicted octanol–water partition coefficient (Wildman–Crippen LogP) is 1.52. The van der Waals surface area contributed by atoms with Gasteiger partial charge in [-0.3, -0.25) is 10.7 Å². The van der Waals surface area contributed by atoms with Crippen LogP contribution in [0.4, 0.5) is 4.79 Å². The molecular weight excluding hydrogens is 258 g/mol. The number of carbonyl (C=O) groups is 1. The Balaban J connectivity index is 2.32. The second-order valence-electron chi connectivity index (χ2n) is 4.56. The minimum atomic E-state index is -0.399. The van der Waals surface area contributed by atoms with E-state index in [0.29, 0.717) is 19.8 Å². The molecule has 1 aromatic carbocycles. The van der Waals surface area contributed by atoms with E-state index in [0.717, 1.165) is 11.1 Å². The zero-order valence-electron chi connectivity index (χ0n) is 11.7. The van der Waals surface area contributed by atoms with E-state index in [4.69, 9.17) is 14.9 Å². The van der Waals surface area contributed by atoms with Gasteiger partial charge < -0.3 is 14.4 Å². The number of amides is 2. The first kappa shape index (κ1) is 14.5. The van der Waals surface area contributed by atoms with E-state index in [1.54, 1.807) is 19.1 Å². The van der Waals surface area contributed by atoms with Crippen molar-refractivity contribution in [1.29, 1.82) is 5.41 Å². The molecule has 1 saturated heterocycles. The molecule has 1 aliphatic heterocycles. The molecule has 20 heavy (non-hydrogen) atoms. The molecule has 1 aliphatic rings. The van der Waals surface area contributed by atoms with E-state index >= 15 is 0 Å². The minimum Gasteiger partial charge on any atom is -0.383 e. The first-order chi connectivity index (χ1) is 9.69. The lowest BCUT2D eigenvalue weighted by Gasteiger charge is -2.24. The van der Waals surface area contributed by atoms with E-state index in [9.17, 15) is 4.79 Å². The highest BCUT2D eigenvalue weighted by Gasteiger charge is 2.37. The van der Waals surface area contributed by atoms with Gasteiger partial charge in [-0.25, -0.2) is 4.79 Å². The number of methoxy groups -OCH3 is 2. The summed E-state index contributed by atoms with van der Waals surface area (Å²) in [6.07, 6.45) is 0. The minimum absolute atomic E-state index is 0.189. The van der Waals surface area contributed by atoms with Crippen molar-refractivity contribution in [3.05, 3.63) is 35.4 Å². The number of nitrogens with zero attached hydrogens (tertiary/aromatic N) is 1. The molecule has 108 valence electrons. The number of ether oxygens (including phenoxy) is 2. The Hall–Kier alpha value is -1.92. The summed E-state index contributed by atoms with van der Waals surface area (Å²) in [5.41, 5.74) is 1.89. The monoisotopic (exact) mass is 277 g/mol. The van der Waals surface area contributed by atoms with Gasteiger partial charge in [-0.1, -0.05) is 24.3 Å². The summed E-state index contributed by atoms with van der Waals surface area (Å²) >= 11 is 0. The highest BCUT2D eigenvalue weighted by atomic mass is 16.5. The zero-order chi connectivity index (χ0) is 14.5. The van der Waals surface area contributed by atoms with Crippen molar-refractivity contribution in [2.24, 2.45) is 0 Å². The summed E-state index contributed by atoms with van der Waals surface area (Å²) in [4.78, 5) is 13.5. The van der Waals surface area contributed by atoms with Gasteiger partial charge in [0, 0.05) is 20.8 Å². The predicted molar refractivity (Wildman–Crippen MR) is 74.7 cm³/mol. The van der Waals surface area contributed by atoms with Gasteiger partial charge in [0.05, 0.1) is 13.2 Å². The quantitative estimate of drug-likeness (QED) is 0.828. The van der Waals surface area contributed by atoms with Gasteiger partial charge in [-0.2, -0.15) is 0 Å². The van der Waals surface area contributed by atoms with Crippen LogP contribution in [0.1, 0.15) is 17.2 Å². The van der Waals surface area contributed by atoms with E-state index in [2.05, 4.69) is 5.32 Å². The molecule has 1 heterocycles. The van der Waals surface area contributed by atoms with Crippen molar-refractivity contribution in [3.63, 3.8) is 0 Å². The summed E-state index contributed by atoms with van der Waals surface area (Å²) in [6.45, 7) is 1.33. The number of carbonyl (C=O) groups excluding carboxylic acids is 1. The van der Waals surface area contributed by atoms with Crippen molar-refractivity contribution < 1.29 is 14.3 Å². The smallest absolute Gasteiger partial charge is 0.323 e. The van der Waals surface area contributed by atoms with Crippen molar-refractivity contribution in [3.8, 4) is 0 Å². The Morgan fingerprint density at radius 3 is 2.75 bits per heavy atom. The maximum Gasteiger partial charge on any atom is 0.323 e. The van der Waals surface area contributed by atoms with Crippen molar-refractivity contribution in [1.82, 2.24) is 10.2 Å². The summed E-state index contributed by atoms with van der Waals surface area (Å²) in [5.74, 6) is 0.189. The van der Waals surface area contributed by atoms with Gasteiger partial charge >= 0.3 is 6.03 Å². The lowest BCUT2D eigenvalue weighted by atomic mass is 9.99. The third-order valence-corrected chi connectivity index (χ3v) is 3.27. The Bertz CT molecular complexity index is 504. The zero-order valence-corrected chi connectivity index (χ0v) is 11.7. The molecule has 1 fully saturated rings. The number of hydrogen-bond donors (Lipinski definition) is 2. The number of benzene rings is 1. The second kappa shape index (κ2) is 6.49. The van der Waals surface area contributed by atoms with Crippen LogP contribution in [-0.2, 0) is 16.1 Å². The van der Waals surface area contributed by atoms with Crippen molar-refractivity contribution >= 4 is 11.9 Å². The van der Waals surface area contributed by atoms with Crippen LogP contribution in [0.2, 0.25) is 0 Å². The molecule has 0 saturated carbocycles. The second-order valence-corrected chi connectivity index (χ2v) is 4.56. The molecule has 1 aromatic rings. The summed E-state index contributed by atoms with van der Waals surface area (Å²) in [7, 11) is 3.22. The number of nitrogens with one attached hydrogen (secondary N) is 2. The molecule has 1 unspecified atom stereocenters. The molecule has 0 bridgehead atoms. The molecule has 0 spiro atoms. The molecule has 2 rings (SSSR count). The lowest BCUT2D eigenvalue weighted by molar-refractivity contribution is 0.149. The summed E-state index contributed by atoms with van der Waals surface area (Å²) in [6, 6.07) is 7.04. The highest BCUT2D eigenvalue weighted by molar-refractivity contribution is 6.06. The number of urea groups is 1. The third-order valence-electron chi connectivity index (χ3n) is 3.27. The standard InChI is InChI=1S/C14H19N3O3/c1-19-8-7-17-12(13(15)16-14(17)18)11-6-4-3-5-10(11)9-20-2/h3-6,12H,7-9H2,1-2H3,(H2,15,16,18). The molecule has 1 atom stereocenters. The van der Waals surface area contributed by atoms with Gasteiger partial charge in [0.1, 0.15) is 11.9 Å². The molecule has 2 N–H and O–H groups in total. The molecule has 0 aliphatic carbocycles. The van der Waals surface area contributed by atoms with E-state index in [1.807, 2.05) is 24.3 Å². The molecule has 6 nitrogen and oxygen atoms in total. The Morgan fingerprint density at radius 2 is 2.05 bits per heavy atom. The fourth-order valence-corrected chi connectivity index (χ4v) is 2.36.